The normalized spacial score (nSPS) is 15.5. The molecular formula is C22H19ClN2O5. The Balaban J connectivity index is 1.97. The van der Waals surface area contributed by atoms with Crippen LogP contribution in [0.4, 0.5) is 0 Å². The topological polar surface area (TPSA) is 96.7 Å². The molecule has 30 heavy (non-hydrogen) atoms. The van der Waals surface area contributed by atoms with Gasteiger partial charge in [0, 0.05) is 16.8 Å². The fraction of sp³-hybridized carbons (Fsp3) is 0.182. The van der Waals surface area contributed by atoms with Crippen molar-refractivity contribution in [3.63, 3.8) is 0 Å². The smallest absolute Gasteiger partial charge is 0.340 e. The van der Waals surface area contributed by atoms with E-state index in [1.54, 1.807) is 60.2 Å². The Morgan fingerprint density at radius 1 is 1.27 bits per heavy atom. The van der Waals surface area contributed by atoms with E-state index in [2.05, 4.69) is 0 Å². The molecule has 3 aromatic rings. The second-order valence-corrected chi connectivity index (χ2v) is 7.33. The summed E-state index contributed by atoms with van der Waals surface area (Å²) in [5, 5.41) is 0.464. The van der Waals surface area contributed by atoms with Crippen molar-refractivity contribution in [2.24, 2.45) is 5.73 Å². The number of aryl methyl sites for hydroxylation is 1. The van der Waals surface area contributed by atoms with Gasteiger partial charge in [-0.15, -0.1) is 0 Å². The maximum absolute atomic E-state index is 13.6. The van der Waals surface area contributed by atoms with Crippen molar-refractivity contribution < 1.29 is 18.7 Å². The number of nitrogens with zero attached hydrogens (tertiary/aromatic N) is 1. The van der Waals surface area contributed by atoms with Crippen LogP contribution in [0.3, 0.4) is 0 Å². The summed E-state index contributed by atoms with van der Waals surface area (Å²) in [6, 6.07) is 12.2. The summed E-state index contributed by atoms with van der Waals surface area (Å²) >= 11 is 6.19. The molecule has 2 N–H and O–H groups in total. The Morgan fingerprint density at radius 2 is 2.07 bits per heavy atom. The van der Waals surface area contributed by atoms with Gasteiger partial charge in [0.1, 0.15) is 17.1 Å². The summed E-state index contributed by atoms with van der Waals surface area (Å²) in [4.78, 5) is 26.2. The second-order valence-electron chi connectivity index (χ2n) is 6.89. The van der Waals surface area contributed by atoms with Gasteiger partial charge in [0.05, 0.1) is 31.4 Å². The van der Waals surface area contributed by atoms with Crippen molar-refractivity contribution in [2.75, 3.05) is 7.11 Å². The molecule has 1 atom stereocenters. The molecule has 0 fully saturated rings. The summed E-state index contributed by atoms with van der Waals surface area (Å²) in [6.07, 6.45) is 1.55. The van der Waals surface area contributed by atoms with E-state index in [-0.39, 0.29) is 29.1 Å². The number of ether oxygens (including phenoxy) is 2. The molecule has 0 aliphatic carbocycles. The van der Waals surface area contributed by atoms with Crippen molar-refractivity contribution in [3.8, 4) is 5.75 Å². The maximum atomic E-state index is 13.6. The first kappa shape index (κ1) is 19.8. The number of halogens is 1. The number of aromatic nitrogens is 1. The number of nitrogens with two attached hydrogens (primary N) is 1. The minimum Gasteiger partial charge on any atom is -0.467 e. The number of pyridine rings is 1. The third-order valence-corrected chi connectivity index (χ3v) is 5.29. The number of fused-ring (bicyclic) bond motifs is 1. The maximum Gasteiger partial charge on any atom is 0.340 e. The van der Waals surface area contributed by atoms with E-state index in [4.69, 9.17) is 31.2 Å². The number of methoxy groups -OCH3 is 1. The Labute approximate surface area is 177 Å². The Bertz CT molecular complexity index is 1210. The number of hydrogen-bond donors (Lipinski definition) is 1. The molecule has 0 saturated heterocycles. The van der Waals surface area contributed by atoms with Gasteiger partial charge >= 0.3 is 5.97 Å². The van der Waals surface area contributed by atoms with Crippen LogP contribution < -0.4 is 16.0 Å². The molecule has 1 aliphatic heterocycles. The van der Waals surface area contributed by atoms with Gasteiger partial charge in [0.25, 0.3) is 5.56 Å². The van der Waals surface area contributed by atoms with Crippen LogP contribution in [0.2, 0.25) is 5.02 Å². The third-order valence-electron chi connectivity index (χ3n) is 5.05. The van der Waals surface area contributed by atoms with E-state index in [0.29, 0.717) is 27.8 Å². The predicted molar refractivity (Wildman–Crippen MR) is 110 cm³/mol. The second kappa shape index (κ2) is 7.76. The average Bonchev–Trinajstić information content (AvgIpc) is 3.23. The molecule has 0 unspecified atom stereocenters. The Morgan fingerprint density at radius 3 is 2.73 bits per heavy atom. The number of esters is 1. The molecule has 1 aromatic carbocycles. The highest BCUT2D eigenvalue weighted by molar-refractivity contribution is 6.30. The van der Waals surface area contributed by atoms with Gasteiger partial charge in [-0.2, -0.15) is 0 Å². The van der Waals surface area contributed by atoms with Gasteiger partial charge in [-0.3, -0.25) is 4.79 Å². The van der Waals surface area contributed by atoms with Crippen LogP contribution in [0.1, 0.15) is 28.5 Å². The van der Waals surface area contributed by atoms with E-state index < -0.39 is 11.9 Å². The first-order valence-corrected chi connectivity index (χ1v) is 9.56. The van der Waals surface area contributed by atoms with Crippen molar-refractivity contribution in [1.82, 2.24) is 4.57 Å². The molecule has 154 valence electrons. The van der Waals surface area contributed by atoms with Crippen molar-refractivity contribution in [2.45, 2.75) is 19.4 Å². The van der Waals surface area contributed by atoms with Gasteiger partial charge in [0.15, 0.2) is 0 Å². The molecule has 0 saturated carbocycles. The molecule has 8 heteroatoms. The number of carbonyl (C=O) groups is 1. The van der Waals surface area contributed by atoms with Gasteiger partial charge in [-0.1, -0.05) is 23.7 Å². The highest BCUT2D eigenvalue weighted by Crippen LogP contribution is 2.41. The van der Waals surface area contributed by atoms with Crippen LogP contribution in [0.5, 0.6) is 5.75 Å². The summed E-state index contributed by atoms with van der Waals surface area (Å²) in [5.41, 5.74) is 7.39. The zero-order valence-corrected chi connectivity index (χ0v) is 17.1. The lowest BCUT2D eigenvalue weighted by molar-refractivity contribution is -0.136. The average molecular weight is 427 g/mol. The molecule has 3 heterocycles. The van der Waals surface area contributed by atoms with Crippen LogP contribution in [0, 0.1) is 6.92 Å². The van der Waals surface area contributed by atoms with Crippen molar-refractivity contribution in [1.29, 1.82) is 0 Å². The first-order valence-electron chi connectivity index (χ1n) is 9.18. The minimum atomic E-state index is -0.796. The number of furan rings is 1. The van der Waals surface area contributed by atoms with Gasteiger partial charge in [0.2, 0.25) is 5.88 Å². The molecular weight excluding hydrogens is 408 g/mol. The number of carbonyl (C=O) groups excluding carboxylic acids is 1. The van der Waals surface area contributed by atoms with Gasteiger partial charge in [-0.25, -0.2) is 4.79 Å². The third kappa shape index (κ3) is 3.37. The van der Waals surface area contributed by atoms with E-state index in [9.17, 15) is 9.59 Å². The molecule has 0 spiro atoms. The summed E-state index contributed by atoms with van der Waals surface area (Å²) < 4.78 is 17.6. The lowest BCUT2D eigenvalue weighted by Gasteiger charge is -2.29. The van der Waals surface area contributed by atoms with Gasteiger partial charge < -0.3 is 24.2 Å². The fourth-order valence-electron chi connectivity index (χ4n) is 3.67. The quantitative estimate of drug-likeness (QED) is 0.643. The minimum absolute atomic E-state index is 0.0535. The van der Waals surface area contributed by atoms with Crippen LogP contribution in [-0.4, -0.2) is 17.6 Å². The van der Waals surface area contributed by atoms with Gasteiger partial charge in [-0.05, 0) is 36.8 Å². The Hall–Kier alpha value is -3.45. The molecule has 7 nitrogen and oxygen atoms in total. The van der Waals surface area contributed by atoms with Crippen molar-refractivity contribution in [3.05, 3.63) is 98.1 Å². The predicted octanol–water partition coefficient (Wildman–Crippen LogP) is 3.32. The molecule has 4 rings (SSSR count). The molecule has 0 bridgehead atoms. The lowest BCUT2D eigenvalue weighted by Crippen LogP contribution is -2.35. The van der Waals surface area contributed by atoms with Crippen LogP contribution in [0.25, 0.3) is 0 Å². The molecule has 0 amide bonds. The lowest BCUT2D eigenvalue weighted by atomic mass is 9.83. The number of hydrogen-bond acceptors (Lipinski definition) is 6. The SMILES string of the molecule is COC(=O)C1=C(N)Oc2cc(C)n(Cc3ccco3)c(=O)c2[C@H]1c1cccc(Cl)c1. The van der Waals surface area contributed by atoms with E-state index >= 15 is 0 Å². The summed E-state index contributed by atoms with van der Waals surface area (Å²) in [5.74, 6) is -0.666. The van der Waals surface area contributed by atoms with E-state index in [1.807, 2.05) is 0 Å². The van der Waals surface area contributed by atoms with Crippen LogP contribution >= 0.6 is 11.6 Å². The zero-order chi connectivity index (χ0) is 21.4. The number of rotatable bonds is 4. The van der Waals surface area contributed by atoms with E-state index in [1.165, 1.54) is 7.11 Å². The monoisotopic (exact) mass is 426 g/mol. The van der Waals surface area contributed by atoms with Crippen LogP contribution in [0.15, 0.2) is 69.4 Å². The van der Waals surface area contributed by atoms with E-state index in [0.717, 1.165) is 0 Å². The molecule has 2 aromatic heterocycles. The highest BCUT2D eigenvalue weighted by atomic mass is 35.5. The molecule has 1 aliphatic rings. The highest BCUT2D eigenvalue weighted by Gasteiger charge is 2.38. The fourth-order valence-corrected chi connectivity index (χ4v) is 3.87. The zero-order valence-electron chi connectivity index (χ0n) is 16.3. The largest absolute Gasteiger partial charge is 0.467 e. The summed E-state index contributed by atoms with van der Waals surface area (Å²) in [7, 11) is 1.25. The number of benzene rings is 1. The summed E-state index contributed by atoms with van der Waals surface area (Å²) in [6.45, 7) is 2.03. The standard InChI is InChI=1S/C22H19ClN2O5/c1-12-9-16-18(21(26)25(12)11-15-7-4-8-29-15)17(13-5-3-6-14(23)10-13)19(20(24)30-16)22(27)28-2/h3-10,17H,11,24H2,1-2H3/t17-/m1/s1. The Kier molecular flexibility index (Phi) is 5.13. The van der Waals surface area contributed by atoms with Crippen LogP contribution in [-0.2, 0) is 16.1 Å². The van der Waals surface area contributed by atoms with Crippen molar-refractivity contribution >= 4 is 17.6 Å². The molecule has 0 radical (unpaired) electrons. The first-order chi connectivity index (χ1) is 14.4.